The summed E-state index contributed by atoms with van der Waals surface area (Å²) in [5.74, 6) is 1.04. The number of rotatable bonds is 5. The van der Waals surface area contributed by atoms with Crippen LogP contribution in [-0.2, 0) is 11.3 Å². The number of amides is 1. The molecule has 2 aromatic carbocycles. The summed E-state index contributed by atoms with van der Waals surface area (Å²) >= 11 is 0. The first-order valence-electron chi connectivity index (χ1n) is 8.85. The molecule has 1 amide bonds. The van der Waals surface area contributed by atoms with Crippen molar-refractivity contribution in [2.45, 2.75) is 19.5 Å². The summed E-state index contributed by atoms with van der Waals surface area (Å²) in [6, 6.07) is 12.3. The summed E-state index contributed by atoms with van der Waals surface area (Å²) in [6.45, 7) is 6.40. The number of nitrogens with one attached hydrogen (secondary N) is 1. The molecule has 0 saturated carbocycles. The van der Waals surface area contributed by atoms with E-state index in [1.807, 2.05) is 31.0 Å². The average molecular weight is 341 g/mol. The van der Waals surface area contributed by atoms with Gasteiger partial charge >= 0.3 is 0 Å². The van der Waals surface area contributed by atoms with E-state index in [4.69, 9.17) is 4.74 Å². The van der Waals surface area contributed by atoms with E-state index in [0.717, 1.165) is 48.3 Å². The van der Waals surface area contributed by atoms with E-state index in [9.17, 15) is 4.79 Å². The van der Waals surface area contributed by atoms with Crippen LogP contribution in [0.5, 0.6) is 5.75 Å². The molecule has 134 valence electrons. The fraction of sp³-hybridized carbons (Fsp3) is 0.450. The second kappa shape index (κ2) is 7.85. The van der Waals surface area contributed by atoms with Crippen molar-refractivity contribution in [3.05, 3.63) is 42.0 Å². The topological polar surface area (TPSA) is 44.8 Å². The van der Waals surface area contributed by atoms with Gasteiger partial charge in [-0.25, -0.2) is 0 Å². The molecule has 5 nitrogen and oxygen atoms in total. The van der Waals surface area contributed by atoms with Gasteiger partial charge in [0.25, 0.3) is 0 Å². The van der Waals surface area contributed by atoms with E-state index in [-0.39, 0.29) is 11.9 Å². The summed E-state index contributed by atoms with van der Waals surface area (Å²) < 4.78 is 5.27. The molecule has 1 fully saturated rings. The Balaban J connectivity index is 1.68. The summed E-state index contributed by atoms with van der Waals surface area (Å²) in [5, 5.41) is 5.63. The molecule has 1 heterocycles. The molecule has 1 saturated heterocycles. The SMILES string of the molecule is COc1ccc2cc(CN(C)C(=O)C(C)N3CCNCC3)ccc2c1. The summed E-state index contributed by atoms with van der Waals surface area (Å²) in [4.78, 5) is 16.8. The number of likely N-dealkylation sites (N-methyl/N-ethyl adjacent to an activating group) is 1. The Labute approximate surface area is 149 Å². The quantitative estimate of drug-likeness (QED) is 0.905. The van der Waals surface area contributed by atoms with Gasteiger partial charge in [0.2, 0.25) is 5.91 Å². The molecule has 2 aromatic rings. The molecule has 1 unspecified atom stereocenters. The Kier molecular flexibility index (Phi) is 5.56. The largest absolute Gasteiger partial charge is 0.497 e. The monoisotopic (exact) mass is 341 g/mol. The van der Waals surface area contributed by atoms with Gasteiger partial charge in [-0.15, -0.1) is 0 Å². The molecule has 25 heavy (non-hydrogen) atoms. The number of carbonyl (C=O) groups is 1. The van der Waals surface area contributed by atoms with Crippen molar-refractivity contribution in [2.75, 3.05) is 40.3 Å². The van der Waals surface area contributed by atoms with Crippen molar-refractivity contribution in [3.63, 3.8) is 0 Å². The van der Waals surface area contributed by atoms with Gasteiger partial charge in [-0.3, -0.25) is 9.69 Å². The van der Waals surface area contributed by atoms with Gasteiger partial charge in [-0.05, 0) is 41.5 Å². The van der Waals surface area contributed by atoms with Crippen LogP contribution in [0, 0.1) is 0 Å². The third-order valence-corrected chi connectivity index (χ3v) is 4.96. The van der Waals surface area contributed by atoms with Gasteiger partial charge < -0.3 is 15.0 Å². The van der Waals surface area contributed by atoms with E-state index < -0.39 is 0 Å². The van der Waals surface area contributed by atoms with Gasteiger partial charge in [-0.2, -0.15) is 0 Å². The number of hydrogen-bond acceptors (Lipinski definition) is 4. The smallest absolute Gasteiger partial charge is 0.239 e. The lowest BCUT2D eigenvalue weighted by Crippen LogP contribution is -2.52. The van der Waals surface area contributed by atoms with Crippen molar-refractivity contribution < 1.29 is 9.53 Å². The van der Waals surface area contributed by atoms with Gasteiger partial charge in [0, 0.05) is 39.8 Å². The van der Waals surface area contributed by atoms with Crippen LogP contribution in [0.1, 0.15) is 12.5 Å². The molecule has 0 spiro atoms. The lowest BCUT2D eigenvalue weighted by molar-refractivity contribution is -0.135. The van der Waals surface area contributed by atoms with Crippen LogP contribution >= 0.6 is 0 Å². The van der Waals surface area contributed by atoms with Crippen LogP contribution in [-0.4, -0.2) is 62.1 Å². The van der Waals surface area contributed by atoms with E-state index in [1.54, 1.807) is 7.11 Å². The Morgan fingerprint density at radius 3 is 2.60 bits per heavy atom. The molecule has 0 aliphatic carbocycles. The average Bonchev–Trinajstić information content (AvgIpc) is 2.67. The highest BCUT2D eigenvalue weighted by Gasteiger charge is 2.25. The first-order valence-corrected chi connectivity index (χ1v) is 8.85. The highest BCUT2D eigenvalue weighted by molar-refractivity contribution is 5.85. The molecule has 3 rings (SSSR count). The predicted molar refractivity (Wildman–Crippen MR) is 101 cm³/mol. The predicted octanol–water partition coefficient (Wildman–Crippen LogP) is 2.10. The number of fused-ring (bicyclic) bond motifs is 1. The van der Waals surface area contributed by atoms with Gasteiger partial charge in [0.15, 0.2) is 0 Å². The fourth-order valence-electron chi connectivity index (χ4n) is 3.39. The van der Waals surface area contributed by atoms with E-state index >= 15 is 0 Å². The van der Waals surface area contributed by atoms with Crippen molar-refractivity contribution in [1.29, 1.82) is 0 Å². The Hall–Kier alpha value is -2.11. The number of hydrogen-bond donors (Lipinski definition) is 1. The lowest BCUT2D eigenvalue weighted by Gasteiger charge is -2.34. The minimum absolute atomic E-state index is 0.0724. The maximum Gasteiger partial charge on any atom is 0.239 e. The Bertz CT molecular complexity index is 741. The maximum absolute atomic E-state index is 12.7. The van der Waals surface area contributed by atoms with Crippen LogP contribution in [0.2, 0.25) is 0 Å². The number of benzene rings is 2. The highest BCUT2D eigenvalue weighted by atomic mass is 16.5. The molecule has 1 atom stereocenters. The first kappa shape index (κ1) is 17.7. The zero-order chi connectivity index (χ0) is 17.8. The third-order valence-electron chi connectivity index (χ3n) is 4.96. The lowest BCUT2D eigenvalue weighted by atomic mass is 10.1. The van der Waals surface area contributed by atoms with Crippen molar-refractivity contribution in [1.82, 2.24) is 15.1 Å². The molecular weight excluding hydrogens is 314 g/mol. The van der Waals surface area contributed by atoms with Crippen LogP contribution in [0.15, 0.2) is 36.4 Å². The third kappa shape index (κ3) is 4.11. The van der Waals surface area contributed by atoms with Crippen molar-refractivity contribution in [3.8, 4) is 5.75 Å². The maximum atomic E-state index is 12.7. The number of piperazine rings is 1. The Morgan fingerprint density at radius 2 is 1.88 bits per heavy atom. The number of nitrogens with zero attached hydrogens (tertiary/aromatic N) is 2. The molecule has 5 heteroatoms. The zero-order valence-corrected chi connectivity index (χ0v) is 15.3. The van der Waals surface area contributed by atoms with Gasteiger partial charge in [-0.1, -0.05) is 18.2 Å². The molecule has 0 bridgehead atoms. The summed E-state index contributed by atoms with van der Waals surface area (Å²) in [5.41, 5.74) is 1.14. The fourth-order valence-corrected chi connectivity index (χ4v) is 3.39. The van der Waals surface area contributed by atoms with E-state index in [1.165, 1.54) is 0 Å². The first-order chi connectivity index (χ1) is 12.1. The standard InChI is InChI=1S/C20H27N3O2/c1-15(23-10-8-21-9-11-23)20(24)22(2)14-16-4-5-18-13-19(25-3)7-6-17(18)12-16/h4-7,12-13,15,21H,8-11,14H2,1-3H3. The summed E-state index contributed by atoms with van der Waals surface area (Å²) in [6.07, 6.45) is 0. The molecular formula is C20H27N3O2. The normalized spacial score (nSPS) is 16.6. The number of methoxy groups -OCH3 is 1. The second-order valence-corrected chi connectivity index (χ2v) is 6.70. The van der Waals surface area contributed by atoms with E-state index in [0.29, 0.717) is 6.54 Å². The Morgan fingerprint density at radius 1 is 1.20 bits per heavy atom. The van der Waals surface area contributed by atoms with Crippen LogP contribution in [0.3, 0.4) is 0 Å². The molecule has 0 radical (unpaired) electrons. The molecule has 0 aromatic heterocycles. The van der Waals surface area contributed by atoms with E-state index in [2.05, 4.69) is 34.5 Å². The van der Waals surface area contributed by atoms with Gasteiger partial charge in [0.1, 0.15) is 5.75 Å². The summed E-state index contributed by atoms with van der Waals surface area (Å²) in [7, 11) is 3.56. The molecule has 1 aliphatic rings. The minimum Gasteiger partial charge on any atom is -0.497 e. The van der Waals surface area contributed by atoms with Crippen LogP contribution in [0.4, 0.5) is 0 Å². The van der Waals surface area contributed by atoms with Gasteiger partial charge in [0.05, 0.1) is 13.2 Å². The zero-order valence-electron chi connectivity index (χ0n) is 15.3. The number of ether oxygens (including phenoxy) is 1. The second-order valence-electron chi connectivity index (χ2n) is 6.70. The highest BCUT2D eigenvalue weighted by Crippen LogP contribution is 2.22. The van der Waals surface area contributed by atoms with Crippen molar-refractivity contribution >= 4 is 16.7 Å². The van der Waals surface area contributed by atoms with Crippen LogP contribution < -0.4 is 10.1 Å². The van der Waals surface area contributed by atoms with Crippen LogP contribution in [0.25, 0.3) is 10.8 Å². The van der Waals surface area contributed by atoms with Crippen molar-refractivity contribution in [2.24, 2.45) is 0 Å². The molecule has 1 aliphatic heterocycles. The molecule has 1 N–H and O–H groups in total. The minimum atomic E-state index is -0.0724. The number of carbonyl (C=O) groups excluding carboxylic acids is 1.